The molecule has 2 rings (SSSR count). The fourth-order valence-electron chi connectivity index (χ4n) is 2.68. The molecule has 19 heavy (non-hydrogen) atoms. The van der Waals surface area contributed by atoms with Gasteiger partial charge in [0.2, 0.25) is 0 Å². The summed E-state index contributed by atoms with van der Waals surface area (Å²) in [5.41, 5.74) is 2.08. The van der Waals surface area contributed by atoms with Gasteiger partial charge in [0.25, 0.3) is 0 Å². The Labute approximate surface area is 114 Å². The Morgan fingerprint density at radius 3 is 2.84 bits per heavy atom. The lowest BCUT2D eigenvalue weighted by Crippen LogP contribution is -2.51. The molecule has 1 atom stereocenters. The number of carbonyl (C=O) groups is 1. The number of aldehydes is 1. The maximum Gasteiger partial charge on any atom is 0.150 e. The lowest BCUT2D eigenvalue weighted by Gasteiger charge is -2.40. The van der Waals surface area contributed by atoms with Crippen LogP contribution in [0.1, 0.15) is 29.8 Å². The molecule has 0 aromatic heterocycles. The van der Waals surface area contributed by atoms with Gasteiger partial charge in [0.1, 0.15) is 12.4 Å². The van der Waals surface area contributed by atoms with Crippen LogP contribution in [-0.2, 0) is 0 Å². The van der Waals surface area contributed by atoms with E-state index in [-0.39, 0.29) is 0 Å². The standard InChI is InChI=1S/C15H19N3O/c1-3-17-6-7-18(10-12(17)2)15-5-4-13(11-19)8-14(15)9-16/h4-5,8,11-12H,3,6-7,10H2,1-2H3. The summed E-state index contributed by atoms with van der Waals surface area (Å²) in [6.45, 7) is 8.30. The first-order valence-electron chi connectivity index (χ1n) is 6.68. The minimum absolute atomic E-state index is 0.482. The molecular weight excluding hydrogens is 238 g/mol. The first-order chi connectivity index (χ1) is 9.19. The van der Waals surface area contributed by atoms with E-state index in [9.17, 15) is 10.1 Å². The van der Waals surface area contributed by atoms with Crippen LogP contribution in [-0.4, -0.2) is 43.4 Å². The molecule has 4 nitrogen and oxygen atoms in total. The number of carbonyl (C=O) groups excluding carboxylic acids is 1. The fourth-order valence-corrected chi connectivity index (χ4v) is 2.68. The second-order valence-corrected chi connectivity index (χ2v) is 4.93. The second-order valence-electron chi connectivity index (χ2n) is 4.93. The molecule has 100 valence electrons. The van der Waals surface area contributed by atoms with Gasteiger partial charge in [0.05, 0.1) is 11.3 Å². The molecule has 1 heterocycles. The van der Waals surface area contributed by atoms with Gasteiger partial charge in [-0.1, -0.05) is 6.92 Å². The molecule has 0 N–H and O–H groups in total. The molecular formula is C15H19N3O. The summed E-state index contributed by atoms with van der Waals surface area (Å²) >= 11 is 0. The van der Waals surface area contributed by atoms with Gasteiger partial charge in [-0.15, -0.1) is 0 Å². The number of hydrogen-bond acceptors (Lipinski definition) is 4. The third kappa shape index (κ3) is 2.77. The van der Waals surface area contributed by atoms with E-state index >= 15 is 0 Å². The van der Waals surface area contributed by atoms with Crippen molar-refractivity contribution in [1.29, 1.82) is 5.26 Å². The summed E-state index contributed by atoms with van der Waals surface area (Å²) in [5.74, 6) is 0. The van der Waals surface area contributed by atoms with Crippen LogP contribution < -0.4 is 4.90 Å². The number of rotatable bonds is 3. The van der Waals surface area contributed by atoms with Gasteiger partial charge in [-0.2, -0.15) is 5.26 Å². The van der Waals surface area contributed by atoms with E-state index in [4.69, 9.17) is 0 Å². The molecule has 1 unspecified atom stereocenters. The zero-order valence-electron chi connectivity index (χ0n) is 11.5. The van der Waals surface area contributed by atoms with Gasteiger partial charge in [0.15, 0.2) is 0 Å². The molecule has 1 aromatic rings. The molecule has 1 aliphatic heterocycles. The summed E-state index contributed by atoms with van der Waals surface area (Å²) in [5, 5.41) is 9.23. The second kappa shape index (κ2) is 5.85. The van der Waals surface area contributed by atoms with Crippen molar-refractivity contribution in [3.8, 4) is 6.07 Å². The summed E-state index contributed by atoms with van der Waals surface area (Å²) in [6, 6.07) is 8.01. The topological polar surface area (TPSA) is 47.3 Å². The van der Waals surface area contributed by atoms with Gasteiger partial charge >= 0.3 is 0 Å². The van der Waals surface area contributed by atoms with E-state index in [1.807, 2.05) is 6.07 Å². The van der Waals surface area contributed by atoms with Gasteiger partial charge in [0, 0.05) is 31.2 Å². The molecule has 1 fully saturated rings. The SMILES string of the molecule is CCN1CCN(c2ccc(C=O)cc2C#N)CC1C. The zero-order valence-corrected chi connectivity index (χ0v) is 11.5. The van der Waals surface area contributed by atoms with Crippen LogP contribution in [0.15, 0.2) is 18.2 Å². The van der Waals surface area contributed by atoms with Crippen LogP contribution in [0, 0.1) is 11.3 Å². The van der Waals surface area contributed by atoms with E-state index in [2.05, 4.69) is 29.7 Å². The Balaban J connectivity index is 2.23. The summed E-state index contributed by atoms with van der Waals surface area (Å²) in [7, 11) is 0. The minimum Gasteiger partial charge on any atom is -0.368 e. The van der Waals surface area contributed by atoms with Crippen molar-refractivity contribution in [3.05, 3.63) is 29.3 Å². The number of nitriles is 1. The van der Waals surface area contributed by atoms with Crippen molar-refractivity contribution in [3.63, 3.8) is 0 Å². The molecule has 4 heteroatoms. The van der Waals surface area contributed by atoms with Crippen LogP contribution in [0.25, 0.3) is 0 Å². The number of hydrogen-bond donors (Lipinski definition) is 0. The number of likely N-dealkylation sites (N-methyl/N-ethyl adjacent to an activating group) is 1. The first-order valence-corrected chi connectivity index (χ1v) is 6.68. The van der Waals surface area contributed by atoms with Crippen molar-refractivity contribution in [1.82, 2.24) is 4.90 Å². The average Bonchev–Trinajstić information content (AvgIpc) is 2.46. The summed E-state index contributed by atoms with van der Waals surface area (Å²) in [6.07, 6.45) is 0.780. The third-order valence-electron chi connectivity index (χ3n) is 3.79. The van der Waals surface area contributed by atoms with Crippen LogP contribution in [0.4, 0.5) is 5.69 Å². The fraction of sp³-hybridized carbons (Fsp3) is 0.467. The van der Waals surface area contributed by atoms with Crippen LogP contribution in [0.2, 0.25) is 0 Å². The van der Waals surface area contributed by atoms with Crippen LogP contribution >= 0.6 is 0 Å². The molecule has 1 saturated heterocycles. The number of piperazine rings is 1. The molecule has 0 spiro atoms. The van der Waals surface area contributed by atoms with E-state index in [0.29, 0.717) is 17.2 Å². The van der Waals surface area contributed by atoms with Gasteiger partial charge in [-0.25, -0.2) is 0 Å². The smallest absolute Gasteiger partial charge is 0.150 e. The Morgan fingerprint density at radius 2 is 2.26 bits per heavy atom. The molecule has 1 aliphatic rings. The van der Waals surface area contributed by atoms with Crippen molar-refractivity contribution in [2.45, 2.75) is 19.9 Å². The van der Waals surface area contributed by atoms with Crippen molar-refractivity contribution < 1.29 is 4.79 Å². The average molecular weight is 257 g/mol. The number of nitrogens with zero attached hydrogens (tertiary/aromatic N) is 3. The van der Waals surface area contributed by atoms with Crippen molar-refractivity contribution >= 4 is 12.0 Å². The van der Waals surface area contributed by atoms with Gasteiger partial charge in [-0.05, 0) is 31.7 Å². The van der Waals surface area contributed by atoms with Gasteiger partial charge in [-0.3, -0.25) is 9.69 Å². The molecule has 0 amide bonds. The third-order valence-corrected chi connectivity index (χ3v) is 3.79. The molecule has 0 aliphatic carbocycles. The van der Waals surface area contributed by atoms with E-state index in [1.165, 1.54) is 0 Å². The Kier molecular flexibility index (Phi) is 4.18. The lowest BCUT2D eigenvalue weighted by atomic mass is 10.1. The zero-order chi connectivity index (χ0) is 13.8. The summed E-state index contributed by atoms with van der Waals surface area (Å²) in [4.78, 5) is 15.4. The Morgan fingerprint density at radius 1 is 1.47 bits per heavy atom. The predicted octanol–water partition coefficient (Wildman–Crippen LogP) is 1.90. The predicted molar refractivity (Wildman–Crippen MR) is 75.5 cm³/mol. The van der Waals surface area contributed by atoms with E-state index in [1.54, 1.807) is 12.1 Å². The highest BCUT2D eigenvalue weighted by Crippen LogP contribution is 2.24. The van der Waals surface area contributed by atoms with Crippen LogP contribution in [0.3, 0.4) is 0 Å². The molecule has 0 saturated carbocycles. The highest BCUT2D eigenvalue weighted by atomic mass is 16.1. The van der Waals surface area contributed by atoms with Crippen molar-refractivity contribution in [2.24, 2.45) is 0 Å². The maximum atomic E-state index is 10.8. The highest BCUT2D eigenvalue weighted by Gasteiger charge is 2.23. The summed E-state index contributed by atoms with van der Waals surface area (Å²) < 4.78 is 0. The Hall–Kier alpha value is -1.86. The van der Waals surface area contributed by atoms with Gasteiger partial charge < -0.3 is 4.90 Å². The maximum absolute atomic E-state index is 10.8. The quantitative estimate of drug-likeness (QED) is 0.776. The first kappa shape index (κ1) is 13.6. The lowest BCUT2D eigenvalue weighted by molar-refractivity contribution is 0.112. The van der Waals surface area contributed by atoms with E-state index in [0.717, 1.165) is 38.2 Å². The highest BCUT2D eigenvalue weighted by molar-refractivity contribution is 5.78. The van der Waals surface area contributed by atoms with Crippen LogP contribution in [0.5, 0.6) is 0 Å². The molecule has 0 bridgehead atoms. The minimum atomic E-state index is 0.482. The largest absolute Gasteiger partial charge is 0.368 e. The molecule has 1 aromatic carbocycles. The van der Waals surface area contributed by atoms with E-state index < -0.39 is 0 Å². The Bertz CT molecular complexity index is 507. The molecule has 0 radical (unpaired) electrons. The monoisotopic (exact) mass is 257 g/mol. The van der Waals surface area contributed by atoms with Crippen molar-refractivity contribution in [2.75, 3.05) is 31.1 Å². The number of benzene rings is 1. The number of anilines is 1. The normalized spacial score (nSPS) is 20.1.